The summed E-state index contributed by atoms with van der Waals surface area (Å²) in [6.45, 7) is 8.34. The van der Waals surface area contributed by atoms with Gasteiger partial charge in [0.05, 0.1) is 0 Å². The molecule has 2 aliphatic carbocycles. The minimum atomic E-state index is 0.398. The van der Waals surface area contributed by atoms with E-state index >= 15 is 0 Å². The monoisotopic (exact) mass is 252 g/mol. The second kappa shape index (κ2) is 4.77. The lowest BCUT2D eigenvalue weighted by molar-refractivity contribution is 0.0930. The Labute approximate surface area is 111 Å². The summed E-state index contributed by atoms with van der Waals surface area (Å²) in [6.07, 6.45) is 6.97. The van der Waals surface area contributed by atoms with Gasteiger partial charge in [0.25, 0.3) is 0 Å². The lowest BCUT2D eigenvalue weighted by atomic mass is 9.91. The molecule has 18 heavy (non-hydrogen) atoms. The molecule has 0 aromatic rings. The maximum absolute atomic E-state index is 5.27. The van der Waals surface area contributed by atoms with Crippen LogP contribution in [0.4, 0.5) is 0 Å². The highest BCUT2D eigenvalue weighted by atomic mass is 16.5. The molecule has 1 unspecified atom stereocenters. The highest BCUT2D eigenvalue weighted by molar-refractivity contribution is 5.04. The van der Waals surface area contributed by atoms with E-state index in [-0.39, 0.29) is 0 Å². The maximum Gasteiger partial charge on any atom is 0.0468 e. The van der Waals surface area contributed by atoms with Crippen LogP contribution in [0.25, 0.3) is 0 Å². The number of hydrogen-bond donors (Lipinski definition) is 1. The molecule has 3 aliphatic rings. The van der Waals surface area contributed by atoms with Crippen LogP contribution in [0.15, 0.2) is 0 Å². The Bertz CT molecular complexity index is 299. The Kier molecular flexibility index (Phi) is 3.41. The zero-order valence-corrected chi connectivity index (χ0v) is 12.0. The lowest BCUT2D eigenvalue weighted by Crippen LogP contribution is -2.60. The molecule has 1 saturated heterocycles. The molecule has 0 aromatic carbocycles. The Balaban J connectivity index is 1.53. The van der Waals surface area contributed by atoms with Crippen LogP contribution >= 0.6 is 0 Å². The van der Waals surface area contributed by atoms with Crippen LogP contribution in [0.5, 0.6) is 0 Å². The standard InChI is InChI=1S/C15H28N2O/c1-14(13-3-4-13)11-17(9-8-16-14)12-15(5-6-15)7-10-18-2/h13,16H,3-12H2,1-2H3. The van der Waals surface area contributed by atoms with Gasteiger partial charge in [0.2, 0.25) is 0 Å². The summed E-state index contributed by atoms with van der Waals surface area (Å²) < 4.78 is 5.27. The molecule has 1 aliphatic heterocycles. The maximum atomic E-state index is 5.27. The fourth-order valence-corrected chi connectivity index (χ4v) is 3.68. The zero-order chi connectivity index (χ0) is 12.6. The van der Waals surface area contributed by atoms with Gasteiger partial charge in [-0.15, -0.1) is 0 Å². The van der Waals surface area contributed by atoms with Crippen molar-refractivity contribution in [2.24, 2.45) is 11.3 Å². The number of ether oxygens (including phenoxy) is 1. The molecular formula is C15H28N2O. The van der Waals surface area contributed by atoms with E-state index in [1.807, 2.05) is 7.11 Å². The second-order valence-corrected chi connectivity index (χ2v) is 7.07. The van der Waals surface area contributed by atoms with Gasteiger partial charge in [-0.2, -0.15) is 0 Å². The van der Waals surface area contributed by atoms with E-state index in [9.17, 15) is 0 Å². The molecule has 3 nitrogen and oxygen atoms in total. The van der Waals surface area contributed by atoms with Gasteiger partial charge in [-0.3, -0.25) is 4.90 Å². The van der Waals surface area contributed by atoms with Gasteiger partial charge in [-0.05, 0) is 50.4 Å². The van der Waals surface area contributed by atoms with Gasteiger partial charge >= 0.3 is 0 Å². The Morgan fingerprint density at radius 3 is 2.72 bits per heavy atom. The van der Waals surface area contributed by atoms with Gasteiger partial charge in [-0.1, -0.05) is 0 Å². The van der Waals surface area contributed by atoms with Crippen LogP contribution in [0.3, 0.4) is 0 Å². The molecule has 0 spiro atoms. The van der Waals surface area contributed by atoms with Crippen molar-refractivity contribution < 1.29 is 4.74 Å². The number of rotatable bonds is 6. The Hall–Kier alpha value is -0.120. The van der Waals surface area contributed by atoms with Crippen molar-refractivity contribution >= 4 is 0 Å². The average molecular weight is 252 g/mol. The number of piperazine rings is 1. The number of methoxy groups -OCH3 is 1. The summed E-state index contributed by atoms with van der Waals surface area (Å²) in [7, 11) is 1.82. The molecule has 0 radical (unpaired) electrons. The number of hydrogen-bond acceptors (Lipinski definition) is 3. The fourth-order valence-electron chi connectivity index (χ4n) is 3.68. The molecule has 1 heterocycles. The van der Waals surface area contributed by atoms with Gasteiger partial charge in [-0.25, -0.2) is 0 Å². The summed E-state index contributed by atoms with van der Waals surface area (Å²) in [5, 5.41) is 3.77. The smallest absolute Gasteiger partial charge is 0.0468 e. The third-order valence-corrected chi connectivity index (χ3v) is 5.34. The molecule has 0 amide bonds. The van der Waals surface area contributed by atoms with Crippen LogP contribution in [-0.4, -0.2) is 50.3 Å². The quantitative estimate of drug-likeness (QED) is 0.781. The average Bonchev–Trinajstić information content (AvgIpc) is 3.21. The second-order valence-electron chi connectivity index (χ2n) is 7.07. The molecular weight excluding hydrogens is 224 g/mol. The van der Waals surface area contributed by atoms with Gasteiger partial charge in [0.15, 0.2) is 0 Å². The van der Waals surface area contributed by atoms with Crippen LogP contribution in [-0.2, 0) is 4.74 Å². The van der Waals surface area contributed by atoms with E-state index < -0.39 is 0 Å². The topological polar surface area (TPSA) is 24.5 Å². The van der Waals surface area contributed by atoms with Crippen molar-refractivity contribution in [3.63, 3.8) is 0 Å². The van der Waals surface area contributed by atoms with Crippen LogP contribution in [0, 0.1) is 11.3 Å². The van der Waals surface area contributed by atoms with E-state index in [0.29, 0.717) is 11.0 Å². The minimum absolute atomic E-state index is 0.398. The highest BCUT2D eigenvalue weighted by Gasteiger charge is 2.47. The number of nitrogens with one attached hydrogen (secondary N) is 1. The van der Waals surface area contributed by atoms with Crippen molar-refractivity contribution in [2.45, 2.75) is 44.6 Å². The zero-order valence-electron chi connectivity index (χ0n) is 12.0. The van der Waals surface area contributed by atoms with Crippen molar-refractivity contribution in [2.75, 3.05) is 39.9 Å². The van der Waals surface area contributed by atoms with E-state index in [0.717, 1.165) is 12.5 Å². The van der Waals surface area contributed by atoms with E-state index in [2.05, 4.69) is 17.1 Å². The predicted molar refractivity (Wildman–Crippen MR) is 73.7 cm³/mol. The summed E-state index contributed by atoms with van der Waals surface area (Å²) in [5.74, 6) is 0.939. The van der Waals surface area contributed by atoms with Gasteiger partial charge in [0, 0.05) is 45.4 Å². The summed E-state index contributed by atoms with van der Waals surface area (Å²) in [6, 6.07) is 0. The molecule has 104 valence electrons. The predicted octanol–water partition coefficient (Wildman–Crippen LogP) is 1.88. The third-order valence-electron chi connectivity index (χ3n) is 5.34. The van der Waals surface area contributed by atoms with Crippen molar-refractivity contribution in [3.05, 3.63) is 0 Å². The van der Waals surface area contributed by atoms with Crippen molar-refractivity contribution in [1.29, 1.82) is 0 Å². The molecule has 0 bridgehead atoms. The van der Waals surface area contributed by atoms with Crippen LogP contribution in [0.2, 0.25) is 0 Å². The van der Waals surface area contributed by atoms with Crippen molar-refractivity contribution in [3.8, 4) is 0 Å². The molecule has 1 N–H and O–H groups in total. The first kappa shape index (κ1) is 12.9. The summed E-state index contributed by atoms with van der Waals surface area (Å²) in [5.41, 5.74) is 1.01. The van der Waals surface area contributed by atoms with Gasteiger partial charge in [0.1, 0.15) is 0 Å². The molecule has 0 aromatic heterocycles. The molecule has 3 rings (SSSR count). The van der Waals surface area contributed by atoms with Crippen molar-refractivity contribution in [1.82, 2.24) is 10.2 Å². The molecule has 2 saturated carbocycles. The minimum Gasteiger partial charge on any atom is -0.385 e. The summed E-state index contributed by atoms with van der Waals surface area (Å²) in [4.78, 5) is 2.72. The number of nitrogens with zero attached hydrogens (tertiary/aromatic N) is 1. The summed E-state index contributed by atoms with van der Waals surface area (Å²) >= 11 is 0. The van der Waals surface area contributed by atoms with E-state index in [4.69, 9.17) is 4.74 Å². The Morgan fingerprint density at radius 2 is 2.11 bits per heavy atom. The first-order valence-electron chi connectivity index (χ1n) is 7.62. The first-order valence-corrected chi connectivity index (χ1v) is 7.62. The van der Waals surface area contributed by atoms with E-state index in [1.54, 1.807) is 0 Å². The molecule has 3 fully saturated rings. The SMILES string of the molecule is COCCC1(CN2CCNC(C)(C3CC3)C2)CC1. The van der Waals surface area contributed by atoms with E-state index in [1.165, 1.54) is 58.3 Å². The normalized spacial score (nSPS) is 35.7. The van der Waals surface area contributed by atoms with Crippen LogP contribution in [0.1, 0.15) is 39.0 Å². The largest absolute Gasteiger partial charge is 0.385 e. The first-order chi connectivity index (χ1) is 8.66. The van der Waals surface area contributed by atoms with Crippen LogP contribution < -0.4 is 5.32 Å². The molecule has 1 atom stereocenters. The highest BCUT2D eigenvalue weighted by Crippen LogP contribution is 2.50. The fraction of sp³-hybridized carbons (Fsp3) is 1.00. The molecule has 3 heteroatoms. The third kappa shape index (κ3) is 2.73. The van der Waals surface area contributed by atoms with Gasteiger partial charge < -0.3 is 10.1 Å². The Morgan fingerprint density at radius 1 is 1.33 bits per heavy atom. The lowest BCUT2D eigenvalue weighted by Gasteiger charge is -2.43.